The second-order valence-electron chi connectivity index (χ2n) is 39.7. The van der Waals surface area contributed by atoms with Crippen LogP contribution >= 0.6 is 46.4 Å². The molecule has 0 spiro atoms. The van der Waals surface area contributed by atoms with E-state index in [1.54, 1.807) is 129 Å². The van der Waals surface area contributed by atoms with Crippen LogP contribution < -0.4 is 9.47 Å². The Morgan fingerprint density at radius 1 is 0.396 bits per heavy atom. The smallest absolute Gasteiger partial charge is 0.404 e. The van der Waals surface area contributed by atoms with E-state index in [-0.39, 0.29) is 73.7 Å². The van der Waals surface area contributed by atoms with E-state index in [1.807, 2.05) is 18.2 Å². The van der Waals surface area contributed by atoms with Gasteiger partial charge in [0.15, 0.2) is 11.5 Å². The molecular weight excluding hydrogens is 2050 g/mol. The molecule has 6 aliphatic heterocycles. The molecule has 1 aromatic heterocycles. The highest BCUT2D eigenvalue weighted by atomic mass is 35.5. The van der Waals surface area contributed by atoms with Crippen LogP contribution in [0.2, 0.25) is 20.1 Å². The van der Waals surface area contributed by atoms with E-state index in [9.17, 15) is 141 Å². The second kappa shape index (κ2) is 51.9. The first-order chi connectivity index (χ1) is 70.3. The van der Waals surface area contributed by atoms with Crippen molar-refractivity contribution in [2.45, 2.75) is 287 Å². The minimum absolute atomic E-state index is 0.0471. The van der Waals surface area contributed by atoms with Crippen molar-refractivity contribution >= 4 is 135 Å². The number of carbonyl (C=O) groups excluding carboxylic acids is 10. The minimum atomic E-state index is -4.58. The SMILES string of the molecule is CCCC(CCC)CC(=O)N1C(=O)[C@H](CCc2cccc(Cl)c2)[C@H]1C(=O)O.C[C@@H](CC(=O)N1C(=O)[C@H](Cc2cccnc2)[C@H]1C(=O)O)c1ccc2c(c1)OC(C)(F)O2.O=C(O)[C@@H]1[C@@H](CCc2ccccc2Cl)C(=O)N1C(=O)C[C@@H](C1CCCCC1)C(F)(F)F.O=C(O)[C@@H]1[C@@H](Cc2ccc(Cl)cc2)C(=O)N1C(=O)C[C@@H](C1CCCCC1)C(F)(F)F.O=C(O)[C@@H]1[C@@H](Cc2cccc(Cl)c2)C(=O)N1C(=O)C[C@@H](C1CCCCC1)C(F)(F)F. The van der Waals surface area contributed by atoms with Gasteiger partial charge in [0.05, 0.1) is 47.3 Å². The number of rotatable bonds is 35. The Morgan fingerprint density at radius 2 is 0.752 bits per heavy atom. The van der Waals surface area contributed by atoms with Crippen LogP contribution in [0.1, 0.15) is 234 Å². The number of carboxylic acids is 5. The van der Waals surface area contributed by atoms with Gasteiger partial charge in [0.25, 0.3) is 0 Å². The van der Waals surface area contributed by atoms with Crippen molar-refractivity contribution in [1.82, 2.24) is 29.5 Å². The van der Waals surface area contributed by atoms with Crippen LogP contribution in [-0.2, 0) is 104 Å². The molecule has 28 nitrogen and oxygen atoms in total. The number of carbonyl (C=O) groups is 15. The summed E-state index contributed by atoms with van der Waals surface area (Å²) in [6.07, 6.45) is 1.37. The average molecular weight is 2170 g/mol. The van der Waals surface area contributed by atoms with E-state index >= 15 is 0 Å². The van der Waals surface area contributed by atoms with E-state index in [1.165, 1.54) is 0 Å². The normalized spacial score (nSPS) is 23.1. The highest BCUT2D eigenvalue weighted by molar-refractivity contribution is 6.32. The largest absolute Gasteiger partial charge is 0.480 e. The lowest BCUT2D eigenvalue weighted by atomic mass is 9.77. The molecule has 15 rings (SSSR count). The molecule has 0 bridgehead atoms. The molecule has 1 unspecified atom stereocenters. The van der Waals surface area contributed by atoms with Crippen molar-refractivity contribution in [1.29, 1.82) is 0 Å². The van der Waals surface area contributed by atoms with Crippen LogP contribution in [-0.4, -0.2) is 199 Å². The molecule has 7 heterocycles. The number of fused-ring (bicyclic) bond motifs is 1. The number of imide groups is 5. The monoisotopic (exact) mass is 2170 g/mol. The zero-order valence-electron chi connectivity index (χ0n) is 82.2. The Labute approximate surface area is 873 Å². The van der Waals surface area contributed by atoms with Gasteiger partial charge in [-0.25, -0.2) is 24.0 Å². The molecule has 808 valence electrons. The first-order valence-electron chi connectivity index (χ1n) is 50.0. The third-order valence-corrected chi connectivity index (χ3v) is 30.5. The van der Waals surface area contributed by atoms with Gasteiger partial charge in [0, 0.05) is 71.5 Å². The maximum atomic E-state index is 13.9. The summed E-state index contributed by atoms with van der Waals surface area (Å²) in [5.74, 6) is -25.4. The maximum absolute atomic E-state index is 13.9. The minimum Gasteiger partial charge on any atom is -0.480 e. The molecule has 149 heavy (non-hydrogen) atoms. The highest BCUT2D eigenvalue weighted by Crippen LogP contribution is 2.50. The van der Waals surface area contributed by atoms with Crippen LogP contribution in [0, 0.1) is 71.0 Å². The fourth-order valence-corrected chi connectivity index (χ4v) is 22.6. The Bertz CT molecular complexity index is 5800. The van der Waals surface area contributed by atoms with E-state index in [4.69, 9.17) is 55.9 Å². The first-order valence-corrected chi connectivity index (χ1v) is 51.6. The molecular formula is C107H120Cl4F10N6O22. The van der Waals surface area contributed by atoms with E-state index in [2.05, 4.69) is 18.8 Å². The molecule has 42 heteroatoms. The summed E-state index contributed by atoms with van der Waals surface area (Å²) in [4.78, 5) is 192. The number of carboxylic acid groups (broad SMARTS) is 5. The summed E-state index contributed by atoms with van der Waals surface area (Å²) < 4.78 is 147. The van der Waals surface area contributed by atoms with Crippen molar-refractivity contribution in [3.8, 4) is 11.5 Å². The van der Waals surface area contributed by atoms with Gasteiger partial charge in [-0.2, -0.15) is 43.9 Å². The number of aliphatic carboxylic acids is 5. The molecule has 15 atom stereocenters. The molecule has 5 N–H and O–H groups in total. The predicted octanol–water partition coefficient (Wildman–Crippen LogP) is 20.8. The predicted molar refractivity (Wildman–Crippen MR) is 522 cm³/mol. The van der Waals surface area contributed by atoms with Gasteiger partial charge >= 0.3 is 54.4 Å². The van der Waals surface area contributed by atoms with Gasteiger partial charge in [-0.15, -0.1) is 0 Å². The van der Waals surface area contributed by atoms with Gasteiger partial charge in [-0.3, -0.25) is 77.4 Å². The fourth-order valence-electron chi connectivity index (χ4n) is 21.8. The Morgan fingerprint density at radius 3 is 1.14 bits per heavy atom. The van der Waals surface area contributed by atoms with E-state index < -0.39 is 216 Å². The topological polar surface area (TPSA) is 405 Å². The van der Waals surface area contributed by atoms with Crippen LogP contribution in [0.15, 0.2) is 140 Å². The third-order valence-electron chi connectivity index (χ3n) is 29.4. The van der Waals surface area contributed by atoms with Crippen molar-refractivity contribution < 1.29 is 151 Å². The lowest BCUT2D eigenvalue weighted by molar-refractivity contribution is -0.200. The standard InChI is InChI=1S/C22H25ClF3NO4.C22H21FN2O6.2C21H23ClF3NO4.C21H28ClNO4/c23-17-9-5-4-8-14(17)10-11-15-19(21(30)31)27(20(15)29)18(28)12-16(22(24,25)26)13-6-2-1-3-7-13;1-12(14-5-6-16-17(10-14)31-22(2,23)30-16)8-18(26)25-19(21(28)29)15(20(25)27)9-13-4-3-7-24-11-13;22-14-8-4-5-12(9-14)10-15-18(20(29)30)26(19(15)28)17(27)11-16(21(23,24)25)13-6-2-1-3-7-13;22-14-8-6-12(7-9-14)10-15-18(20(29)30)26(19(15)28)17(27)11-16(21(23,24)25)13-4-2-1-3-5-13;1-3-6-14(7-4-2)13-18(24)23-19(21(26)27)17(20(23)25)11-10-15-8-5-9-16(22)12-15/h4-5,8-9,13,15-16,19H,1-3,6-7,10-12H2,(H,30,31);3-7,10-12,15,19H,8-9H2,1-2H3,(H,28,29);4-5,8-9,13,15-16,18H,1-3,6-7,10-11H2,(H,29,30);6-9,13,15-16,18H,1-5,10-11H2,(H,29,30);5,8-9,12,14,17,19H,3-4,6-7,10-11,13H2,1-2H3,(H,26,27)/t15-,16+,19+;12-,15+,19-,22?;2*15-,16+,18+;17-,19+/m10111/s1. The molecule has 3 aliphatic carbocycles. The van der Waals surface area contributed by atoms with Crippen LogP contribution in [0.5, 0.6) is 11.5 Å². The number of hydrogen-bond acceptors (Lipinski definition) is 18. The zero-order chi connectivity index (χ0) is 109. The van der Waals surface area contributed by atoms with Crippen molar-refractivity contribution in [3.63, 3.8) is 0 Å². The van der Waals surface area contributed by atoms with Gasteiger partial charge in [-0.1, -0.05) is 217 Å². The Kier molecular flexibility index (Phi) is 41.0. The van der Waals surface area contributed by atoms with E-state index in [0.29, 0.717) is 148 Å². The number of aryl methyl sites for hydroxylation is 2. The lowest BCUT2D eigenvalue weighted by Crippen LogP contribution is -2.67. The first kappa shape index (κ1) is 118. The number of amides is 10. The molecule has 10 amide bonds. The van der Waals surface area contributed by atoms with Crippen LogP contribution in [0.25, 0.3) is 0 Å². The quantitative estimate of drug-likeness (QED) is 0.0182. The van der Waals surface area contributed by atoms with Gasteiger partial charge in [-0.05, 0) is 207 Å². The molecule has 5 aromatic carbocycles. The fraction of sp³-hybridized carbons (Fsp3) is 0.533. The van der Waals surface area contributed by atoms with Crippen molar-refractivity contribution in [2.24, 2.45) is 71.0 Å². The van der Waals surface area contributed by atoms with Gasteiger partial charge < -0.3 is 35.0 Å². The number of ether oxygens (including phenoxy) is 2. The second-order valence-corrected chi connectivity index (χ2v) is 41.5. The Balaban J connectivity index is 0.000000177. The van der Waals surface area contributed by atoms with E-state index in [0.717, 1.165) is 78.4 Å². The molecule has 8 fully saturated rings. The summed E-state index contributed by atoms with van der Waals surface area (Å²) in [5, 5.41) is 49.7. The molecule has 6 aromatic rings. The number of halogens is 14. The Hall–Kier alpha value is -11.6. The number of alkyl halides is 10. The highest BCUT2D eigenvalue weighted by Gasteiger charge is 2.62. The third kappa shape index (κ3) is 30.0. The van der Waals surface area contributed by atoms with Crippen LogP contribution in [0.4, 0.5) is 43.9 Å². The summed E-state index contributed by atoms with van der Waals surface area (Å²) in [6, 6.07) is 26.6. The van der Waals surface area contributed by atoms with Crippen molar-refractivity contribution in [3.05, 3.63) is 193 Å². The lowest BCUT2D eigenvalue weighted by Gasteiger charge is -2.44. The summed E-state index contributed by atoms with van der Waals surface area (Å²) >= 11 is 23.8. The number of β-lactam (4-membered cyclic amide) rings is 5. The molecule has 3 saturated carbocycles. The number of aromatic nitrogens is 1. The average Bonchev–Trinajstić information content (AvgIpc) is 1.26. The maximum Gasteiger partial charge on any atom is 0.404 e. The zero-order valence-corrected chi connectivity index (χ0v) is 85.3. The number of benzene rings is 5. The number of hydrogen-bond donors (Lipinski definition) is 5. The van der Waals surface area contributed by atoms with Crippen molar-refractivity contribution in [2.75, 3.05) is 0 Å². The molecule has 5 saturated heterocycles. The number of pyridine rings is 1. The number of nitrogens with zero attached hydrogens (tertiary/aromatic N) is 6. The summed E-state index contributed by atoms with van der Waals surface area (Å²) in [7, 11) is 0. The molecule has 0 radical (unpaired) electrons. The number of likely N-dealkylation sites (tertiary alicyclic amines) is 5. The van der Waals surface area contributed by atoms with Crippen LogP contribution in [0.3, 0.4) is 0 Å². The summed E-state index contributed by atoms with van der Waals surface area (Å²) in [5.41, 5.74) is 4.38. The van der Waals surface area contributed by atoms with Gasteiger partial charge in [0.1, 0.15) is 30.2 Å². The summed E-state index contributed by atoms with van der Waals surface area (Å²) in [6.45, 7) is 7.03. The molecule has 9 aliphatic rings. The van der Waals surface area contributed by atoms with Gasteiger partial charge in [0.2, 0.25) is 59.1 Å².